The molecule has 1 aromatic rings. The van der Waals surface area contributed by atoms with Crippen LogP contribution in [0.4, 0.5) is 0 Å². The molecule has 0 amide bonds. The smallest absolute Gasteiger partial charge is 0.125 e. The summed E-state index contributed by atoms with van der Waals surface area (Å²) in [7, 11) is 1.60. The monoisotopic (exact) mass is 265 g/mol. The van der Waals surface area contributed by atoms with E-state index in [1.165, 1.54) is 5.56 Å². The summed E-state index contributed by atoms with van der Waals surface area (Å²) >= 11 is 0. The standard InChI is InChI=1S/C15H23NO3/c1-15(2)14(16-9-8-11(17)10-18-3)12-6-4-5-7-13(12)19-15/h4-7,11,14,16-17H,8-10H2,1-3H3. The van der Waals surface area contributed by atoms with E-state index in [2.05, 4.69) is 25.2 Å². The van der Waals surface area contributed by atoms with Crippen molar-refractivity contribution in [1.82, 2.24) is 5.32 Å². The van der Waals surface area contributed by atoms with E-state index >= 15 is 0 Å². The van der Waals surface area contributed by atoms with Gasteiger partial charge in [0.2, 0.25) is 0 Å². The number of hydrogen-bond acceptors (Lipinski definition) is 4. The fourth-order valence-electron chi connectivity index (χ4n) is 2.55. The van der Waals surface area contributed by atoms with E-state index in [9.17, 15) is 5.11 Å². The minimum Gasteiger partial charge on any atom is -0.486 e. The molecular formula is C15H23NO3. The van der Waals surface area contributed by atoms with Crippen molar-refractivity contribution in [2.75, 3.05) is 20.3 Å². The van der Waals surface area contributed by atoms with Crippen molar-refractivity contribution in [1.29, 1.82) is 0 Å². The van der Waals surface area contributed by atoms with E-state index in [0.717, 1.165) is 12.3 Å². The van der Waals surface area contributed by atoms with Crippen LogP contribution in [-0.2, 0) is 4.74 Å². The first-order valence-corrected chi connectivity index (χ1v) is 6.73. The van der Waals surface area contributed by atoms with Crippen LogP contribution in [0.25, 0.3) is 0 Å². The molecule has 2 unspecified atom stereocenters. The average molecular weight is 265 g/mol. The van der Waals surface area contributed by atoms with Gasteiger partial charge in [0.1, 0.15) is 11.4 Å². The third-order valence-corrected chi connectivity index (χ3v) is 3.48. The number of ether oxygens (including phenoxy) is 2. The van der Waals surface area contributed by atoms with Gasteiger partial charge in [0.25, 0.3) is 0 Å². The maximum Gasteiger partial charge on any atom is 0.125 e. The lowest BCUT2D eigenvalue weighted by molar-refractivity contribution is 0.0549. The van der Waals surface area contributed by atoms with Crippen LogP contribution in [0.1, 0.15) is 31.9 Å². The van der Waals surface area contributed by atoms with Crippen LogP contribution in [0.3, 0.4) is 0 Å². The number of para-hydroxylation sites is 1. The highest BCUT2D eigenvalue weighted by Crippen LogP contribution is 2.42. The lowest BCUT2D eigenvalue weighted by atomic mass is 9.94. The second kappa shape index (κ2) is 5.90. The summed E-state index contributed by atoms with van der Waals surface area (Å²) in [5.41, 5.74) is 0.921. The molecule has 1 heterocycles. The molecule has 0 fully saturated rings. The minimum atomic E-state index is -0.418. The molecule has 0 aliphatic carbocycles. The summed E-state index contributed by atoms with van der Waals surface area (Å²) in [4.78, 5) is 0. The average Bonchev–Trinajstić information content (AvgIpc) is 2.60. The summed E-state index contributed by atoms with van der Waals surface area (Å²) in [6, 6.07) is 8.25. The van der Waals surface area contributed by atoms with Gasteiger partial charge >= 0.3 is 0 Å². The highest BCUT2D eigenvalue weighted by atomic mass is 16.5. The highest BCUT2D eigenvalue weighted by Gasteiger charge is 2.40. The summed E-state index contributed by atoms with van der Waals surface area (Å²) in [6.45, 7) is 5.27. The van der Waals surface area contributed by atoms with Crippen molar-refractivity contribution < 1.29 is 14.6 Å². The molecule has 1 aliphatic heterocycles. The largest absolute Gasteiger partial charge is 0.486 e. The van der Waals surface area contributed by atoms with E-state index in [1.54, 1.807) is 7.11 Å². The van der Waals surface area contributed by atoms with Crippen molar-refractivity contribution >= 4 is 0 Å². The van der Waals surface area contributed by atoms with Gasteiger partial charge in [-0.2, -0.15) is 0 Å². The second-order valence-electron chi connectivity index (χ2n) is 5.53. The zero-order chi connectivity index (χ0) is 13.9. The molecule has 1 aliphatic rings. The molecule has 0 aromatic heterocycles. The number of aliphatic hydroxyl groups excluding tert-OH is 1. The third-order valence-electron chi connectivity index (χ3n) is 3.48. The lowest BCUT2D eigenvalue weighted by Gasteiger charge is -2.27. The maximum absolute atomic E-state index is 9.65. The Morgan fingerprint density at radius 3 is 2.89 bits per heavy atom. The predicted octanol–water partition coefficient (Wildman–Crippen LogP) is 1.89. The van der Waals surface area contributed by atoms with Crippen LogP contribution < -0.4 is 10.1 Å². The van der Waals surface area contributed by atoms with Gasteiger partial charge in [-0.05, 0) is 32.9 Å². The Morgan fingerprint density at radius 2 is 2.16 bits per heavy atom. The zero-order valence-electron chi connectivity index (χ0n) is 11.8. The number of aliphatic hydroxyl groups is 1. The molecule has 4 heteroatoms. The first kappa shape index (κ1) is 14.3. The number of hydrogen-bond donors (Lipinski definition) is 2. The molecule has 1 aromatic carbocycles. The summed E-state index contributed by atoms with van der Waals surface area (Å²) in [5, 5.41) is 13.1. The van der Waals surface area contributed by atoms with Crippen LogP contribution in [-0.4, -0.2) is 37.1 Å². The van der Waals surface area contributed by atoms with Gasteiger partial charge < -0.3 is 19.9 Å². The quantitative estimate of drug-likeness (QED) is 0.824. The molecular weight excluding hydrogens is 242 g/mol. The van der Waals surface area contributed by atoms with Gasteiger partial charge in [0.05, 0.1) is 18.8 Å². The molecule has 0 saturated carbocycles. The van der Waals surface area contributed by atoms with Gasteiger partial charge in [0.15, 0.2) is 0 Å². The van der Waals surface area contributed by atoms with Crippen molar-refractivity contribution in [2.45, 2.75) is 38.0 Å². The predicted molar refractivity (Wildman–Crippen MR) is 74.4 cm³/mol. The highest BCUT2D eigenvalue weighted by molar-refractivity contribution is 5.42. The fourth-order valence-corrected chi connectivity index (χ4v) is 2.55. The van der Waals surface area contributed by atoms with Crippen LogP contribution >= 0.6 is 0 Å². The third kappa shape index (κ3) is 3.26. The Kier molecular flexibility index (Phi) is 4.45. The normalized spacial score (nSPS) is 21.8. The Morgan fingerprint density at radius 1 is 1.42 bits per heavy atom. The van der Waals surface area contributed by atoms with Gasteiger partial charge in [-0.15, -0.1) is 0 Å². The number of methoxy groups -OCH3 is 1. The first-order chi connectivity index (χ1) is 9.04. The number of rotatable bonds is 6. The van der Waals surface area contributed by atoms with Crippen molar-refractivity contribution in [3.05, 3.63) is 29.8 Å². The van der Waals surface area contributed by atoms with Crippen molar-refractivity contribution in [2.24, 2.45) is 0 Å². The lowest BCUT2D eigenvalue weighted by Crippen LogP contribution is -2.40. The summed E-state index contributed by atoms with van der Waals surface area (Å²) in [6.07, 6.45) is 0.251. The number of nitrogens with one attached hydrogen (secondary N) is 1. The van der Waals surface area contributed by atoms with E-state index in [0.29, 0.717) is 13.0 Å². The Bertz CT molecular complexity index is 420. The molecule has 0 bridgehead atoms. The number of fused-ring (bicyclic) bond motifs is 1. The van der Waals surface area contributed by atoms with Gasteiger partial charge in [-0.25, -0.2) is 0 Å². The van der Waals surface area contributed by atoms with Crippen molar-refractivity contribution in [3.63, 3.8) is 0 Å². The van der Waals surface area contributed by atoms with Crippen LogP contribution in [0, 0.1) is 0 Å². The van der Waals surface area contributed by atoms with E-state index in [-0.39, 0.29) is 11.6 Å². The van der Waals surface area contributed by atoms with Gasteiger partial charge in [-0.1, -0.05) is 18.2 Å². The van der Waals surface area contributed by atoms with E-state index in [1.807, 2.05) is 18.2 Å². The van der Waals surface area contributed by atoms with E-state index < -0.39 is 6.10 Å². The maximum atomic E-state index is 9.65. The van der Waals surface area contributed by atoms with Gasteiger partial charge in [-0.3, -0.25) is 0 Å². The molecule has 0 spiro atoms. The molecule has 2 atom stereocenters. The Balaban J connectivity index is 1.95. The fraction of sp³-hybridized carbons (Fsp3) is 0.600. The molecule has 0 radical (unpaired) electrons. The molecule has 106 valence electrons. The van der Waals surface area contributed by atoms with Crippen molar-refractivity contribution in [3.8, 4) is 5.75 Å². The number of benzene rings is 1. The molecule has 4 nitrogen and oxygen atoms in total. The molecule has 19 heavy (non-hydrogen) atoms. The summed E-state index contributed by atoms with van der Waals surface area (Å²) < 4.78 is 10.9. The van der Waals surface area contributed by atoms with Crippen LogP contribution in [0.2, 0.25) is 0 Å². The van der Waals surface area contributed by atoms with E-state index in [4.69, 9.17) is 9.47 Å². The molecule has 2 N–H and O–H groups in total. The summed E-state index contributed by atoms with van der Waals surface area (Å²) in [5.74, 6) is 0.947. The van der Waals surface area contributed by atoms with Gasteiger partial charge in [0, 0.05) is 12.7 Å². The second-order valence-corrected chi connectivity index (χ2v) is 5.53. The van der Waals surface area contributed by atoms with Crippen LogP contribution in [0.5, 0.6) is 5.75 Å². The Hall–Kier alpha value is -1.10. The topological polar surface area (TPSA) is 50.7 Å². The molecule has 2 rings (SSSR count). The first-order valence-electron chi connectivity index (χ1n) is 6.73. The minimum absolute atomic E-state index is 0.151. The molecule has 0 saturated heterocycles. The SMILES string of the molecule is COCC(O)CCNC1c2ccccc2OC1(C)C. The van der Waals surface area contributed by atoms with Crippen LogP contribution in [0.15, 0.2) is 24.3 Å². The Labute approximate surface area is 114 Å². The zero-order valence-corrected chi connectivity index (χ0v) is 11.8.